The standard InChI is InChI=1S/C12H17N3O3/c1-18-11-5-3-10(4-6-11)14-12(17)15(9-16)8-2-7-13/h3-6,9H,2,7-8,13H2,1H3,(H,14,17). The summed E-state index contributed by atoms with van der Waals surface area (Å²) in [5.41, 5.74) is 5.93. The quantitative estimate of drug-likeness (QED) is 0.740. The van der Waals surface area contributed by atoms with E-state index >= 15 is 0 Å². The largest absolute Gasteiger partial charge is 0.497 e. The van der Waals surface area contributed by atoms with Crippen LogP contribution in [0.25, 0.3) is 0 Å². The number of hydrogen-bond acceptors (Lipinski definition) is 4. The van der Waals surface area contributed by atoms with Crippen molar-refractivity contribution in [2.45, 2.75) is 6.42 Å². The summed E-state index contributed by atoms with van der Waals surface area (Å²) in [6.07, 6.45) is 1.07. The van der Waals surface area contributed by atoms with Gasteiger partial charge in [0, 0.05) is 12.2 Å². The van der Waals surface area contributed by atoms with Crippen LogP contribution in [0.1, 0.15) is 6.42 Å². The third-order valence-corrected chi connectivity index (χ3v) is 2.33. The topological polar surface area (TPSA) is 84.7 Å². The molecule has 3 amide bonds. The highest BCUT2D eigenvalue weighted by Gasteiger charge is 2.11. The Morgan fingerprint density at radius 3 is 2.61 bits per heavy atom. The van der Waals surface area contributed by atoms with Gasteiger partial charge >= 0.3 is 6.03 Å². The van der Waals surface area contributed by atoms with E-state index in [0.29, 0.717) is 37.4 Å². The van der Waals surface area contributed by atoms with E-state index in [1.807, 2.05) is 0 Å². The molecule has 0 radical (unpaired) electrons. The molecule has 0 aliphatic carbocycles. The maximum atomic E-state index is 11.7. The molecule has 0 aromatic heterocycles. The van der Waals surface area contributed by atoms with Crippen LogP contribution in [0.15, 0.2) is 24.3 Å². The minimum absolute atomic E-state index is 0.308. The van der Waals surface area contributed by atoms with Crippen LogP contribution in [0.5, 0.6) is 5.75 Å². The Bertz CT molecular complexity index is 392. The fourth-order valence-electron chi connectivity index (χ4n) is 1.33. The van der Waals surface area contributed by atoms with E-state index in [2.05, 4.69) is 5.32 Å². The zero-order chi connectivity index (χ0) is 13.4. The second-order valence-electron chi connectivity index (χ2n) is 3.60. The number of carbonyl (C=O) groups excluding carboxylic acids is 2. The van der Waals surface area contributed by atoms with Crippen molar-refractivity contribution in [3.05, 3.63) is 24.3 Å². The molecular formula is C12H17N3O3. The molecule has 3 N–H and O–H groups in total. The van der Waals surface area contributed by atoms with Gasteiger partial charge in [0.1, 0.15) is 5.75 Å². The maximum absolute atomic E-state index is 11.7. The molecule has 0 spiro atoms. The van der Waals surface area contributed by atoms with Crippen molar-refractivity contribution >= 4 is 18.1 Å². The van der Waals surface area contributed by atoms with Crippen molar-refractivity contribution in [3.63, 3.8) is 0 Å². The number of nitrogens with zero attached hydrogens (tertiary/aromatic N) is 1. The average molecular weight is 251 g/mol. The number of anilines is 1. The molecule has 0 fully saturated rings. The number of rotatable bonds is 6. The molecule has 6 heteroatoms. The second-order valence-corrected chi connectivity index (χ2v) is 3.60. The summed E-state index contributed by atoms with van der Waals surface area (Å²) in [5.74, 6) is 0.698. The van der Waals surface area contributed by atoms with E-state index in [4.69, 9.17) is 10.5 Å². The molecule has 0 bridgehead atoms. The molecule has 98 valence electrons. The van der Waals surface area contributed by atoms with Crippen LogP contribution in [-0.2, 0) is 4.79 Å². The van der Waals surface area contributed by atoms with Gasteiger partial charge < -0.3 is 15.8 Å². The van der Waals surface area contributed by atoms with Gasteiger partial charge in [0.25, 0.3) is 0 Å². The predicted molar refractivity (Wildman–Crippen MR) is 68.5 cm³/mol. The zero-order valence-electron chi connectivity index (χ0n) is 10.3. The number of imide groups is 1. The highest BCUT2D eigenvalue weighted by molar-refractivity contribution is 5.95. The smallest absolute Gasteiger partial charge is 0.328 e. The second kappa shape index (κ2) is 7.29. The Labute approximate surface area is 106 Å². The Kier molecular flexibility index (Phi) is 5.66. The molecule has 6 nitrogen and oxygen atoms in total. The molecule has 1 rings (SSSR count). The van der Waals surface area contributed by atoms with Crippen molar-refractivity contribution in [1.29, 1.82) is 0 Å². The summed E-state index contributed by atoms with van der Waals surface area (Å²) >= 11 is 0. The SMILES string of the molecule is COc1ccc(NC(=O)N(C=O)CCCN)cc1. The summed E-state index contributed by atoms with van der Waals surface area (Å²) in [5, 5.41) is 2.61. The van der Waals surface area contributed by atoms with E-state index in [0.717, 1.165) is 4.90 Å². The van der Waals surface area contributed by atoms with Crippen LogP contribution in [-0.4, -0.2) is 37.5 Å². The number of urea groups is 1. The lowest BCUT2D eigenvalue weighted by Gasteiger charge is -2.15. The number of hydrogen-bond donors (Lipinski definition) is 2. The van der Waals surface area contributed by atoms with Gasteiger partial charge in [-0.3, -0.25) is 9.69 Å². The Hall–Kier alpha value is -2.08. The van der Waals surface area contributed by atoms with Crippen molar-refractivity contribution in [2.24, 2.45) is 5.73 Å². The number of methoxy groups -OCH3 is 1. The summed E-state index contributed by atoms with van der Waals surface area (Å²) in [6.45, 7) is 0.738. The molecule has 0 aliphatic rings. The van der Waals surface area contributed by atoms with Crippen LogP contribution in [0.3, 0.4) is 0 Å². The van der Waals surface area contributed by atoms with E-state index in [9.17, 15) is 9.59 Å². The first-order chi connectivity index (χ1) is 8.71. The van der Waals surface area contributed by atoms with E-state index in [1.54, 1.807) is 31.4 Å². The zero-order valence-corrected chi connectivity index (χ0v) is 10.3. The summed E-state index contributed by atoms with van der Waals surface area (Å²) in [7, 11) is 1.56. The molecular weight excluding hydrogens is 234 g/mol. The molecule has 0 unspecified atom stereocenters. The van der Waals surface area contributed by atoms with Gasteiger partial charge in [-0.1, -0.05) is 0 Å². The van der Waals surface area contributed by atoms with Crippen LogP contribution in [0, 0.1) is 0 Å². The number of nitrogens with two attached hydrogens (primary N) is 1. The maximum Gasteiger partial charge on any atom is 0.328 e. The number of amides is 3. The van der Waals surface area contributed by atoms with Crippen LogP contribution >= 0.6 is 0 Å². The fraction of sp³-hybridized carbons (Fsp3) is 0.333. The average Bonchev–Trinajstić information content (AvgIpc) is 2.40. The highest BCUT2D eigenvalue weighted by Crippen LogP contribution is 2.15. The van der Waals surface area contributed by atoms with Gasteiger partial charge in [-0.2, -0.15) is 0 Å². The predicted octanol–water partition coefficient (Wildman–Crippen LogP) is 1.03. The number of ether oxygens (including phenoxy) is 1. The van der Waals surface area contributed by atoms with Crippen molar-refractivity contribution in [2.75, 3.05) is 25.5 Å². The molecule has 0 heterocycles. The van der Waals surface area contributed by atoms with E-state index in [1.165, 1.54) is 0 Å². The Balaban J connectivity index is 2.58. The van der Waals surface area contributed by atoms with Crippen molar-refractivity contribution < 1.29 is 14.3 Å². The Morgan fingerprint density at radius 1 is 1.44 bits per heavy atom. The molecule has 0 saturated heterocycles. The van der Waals surface area contributed by atoms with Gasteiger partial charge in [-0.25, -0.2) is 4.79 Å². The van der Waals surface area contributed by atoms with Crippen molar-refractivity contribution in [1.82, 2.24) is 4.90 Å². The van der Waals surface area contributed by atoms with Gasteiger partial charge in [-0.05, 0) is 37.2 Å². The lowest BCUT2D eigenvalue weighted by Crippen LogP contribution is -2.35. The summed E-state index contributed by atoms with van der Waals surface area (Å²) in [6, 6.07) is 6.37. The number of nitrogens with one attached hydrogen (secondary N) is 1. The molecule has 0 saturated carbocycles. The van der Waals surface area contributed by atoms with Crippen LogP contribution in [0.4, 0.5) is 10.5 Å². The third-order valence-electron chi connectivity index (χ3n) is 2.33. The Morgan fingerprint density at radius 2 is 2.11 bits per heavy atom. The lowest BCUT2D eigenvalue weighted by molar-refractivity contribution is -0.115. The summed E-state index contributed by atoms with van der Waals surface area (Å²) < 4.78 is 5.00. The monoisotopic (exact) mass is 251 g/mol. The van der Waals surface area contributed by atoms with Gasteiger partial charge in [0.15, 0.2) is 0 Å². The molecule has 18 heavy (non-hydrogen) atoms. The first-order valence-electron chi connectivity index (χ1n) is 5.58. The van der Waals surface area contributed by atoms with Crippen LogP contribution in [0.2, 0.25) is 0 Å². The third kappa shape index (κ3) is 4.06. The van der Waals surface area contributed by atoms with Crippen LogP contribution < -0.4 is 15.8 Å². The first kappa shape index (κ1) is 14.0. The first-order valence-corrected chi connectivity index (χ1v) is 5.58. The minimum atomic E-state index is -0.469. The highest BCUT2D eigenvalue weighted by atomic mass is 16.5. The summed E-state index contributed by atoms with van der Waals surface area (Å²) in [4.78, 5) is 23.5. The molecule has 1 aromatic carbocycles. The van der Waals surface area contributed by atoms with Gasteiger partial charge in [-0.15, -0.1) is 0 Å². The lowest BCUT2D eigenvalue weighted by atomic mass is 10.3. The normalized spacial score (nSPS) is 9.67. The molecule has 1 aromatic rings. The molecule has 0 atom stereocenters. The van der Waals surface area contributed by atoms with Gasteiger partial charge in [0.05, 0.1) is 7.11 Å². The number of carbonyl (C=O) groups is 2. The van der Waals surface area contributed by atoms with Gasteiger partial charge in [0.2, 0.25) is 6.41 Å². The van der Waals surface area contributed by atoms with Crippen molar-refractivity contribution in [3.8, 4) is 5.75 Å². The van der Waals surface area contributed by atoms with E-state index < -0.39 is 6.03 Å². The minimum Gasteiger partial charge on any atom is -0.497 e. The fourth-order valence-corrected chi connectivity index (χ4v) is 1.33. The molecule has 0 aliphatic heterocycles. The number of benzene rings is 1. The van der Waals surface area contributed by atoms with E-state index in [-0.39, 0.29) is 0 Å².